The molecule has 0 radical (unpaired) electrons. The summed E-state index contributed by atoms with van der Waals surface area (Å²) in [6, 6.07) is 19.3. The van der Waals surface area contributed by atoms with Crippen molar-refractivity contribution < 1.29 is 13.9 Å². The van der Waals surface area contributed by atoms with Crippen LogP contribution in [-0.4, -0.2) is 16.2 Å². The first kappa shape index (κ1) is 15.9. The molecule has 0 N–H and O–H groups in total. The number of rotatable bonds is 6. The van der Waals surface area contributed by atoms with Crippen LogP contribution in [0.1, 0.15) is 30.9 Å². The Kier molecular flexibility index (Phi) is 5.01. The van der Waals surface area contributed by atoms with Crippen LogP contribution in [-0.2, 0) is 16.0 Å². The zero-order valence-corrected chi connectivity index (χ0v) is 13.4. The van der Waals surface area contributed by atoms with Crippen molar-refractivity contribution in [2.45, 2.75) is 25.9 Å². The van der Waals surface area contributed by atoms with Crippen LogP contribution in [0.25, 0.3) is 11.5 Å². The maximum Gasteiger partial charge on any atom is 0.306 e. The summed E-state index contributed by atoms with van der Waals surface area (Å²) in [6.07, 6.45) is 0.387. The topological polar surface area (TPSA) is 65.2 Å². The molecule has 0 unspecified atom stereocenters. The van der Waals surface area contributed by atoms with Crippen LogP contribution < -0.4 is 0 Å². The minimum absolute atomic E-state index is 0.286. The van der Waals surface area contributed by atoms with Gasteiger partial charge >= 0.3 is 5.97 Å². The van der Waals surface area contributed by atoms with Gasteiger partial charge in [0.15, 0.2) is 6.10 Å². The number of hydrogen-bond donors (Lipinski definition) is 0. The smallest absolute Gasteiger partial charge is 0.306 e. The van der Waals surface area contributed by atoms with Crippen LogP contribution in [0.5, 0.6) is 0 Å². The minimum Gasteiger partial charge on any atom is -0.453 e. The largest absolute Gasteiger partial charge is 0.453 e. The molecule has 1 aromatic heterocycles. The highest BCUT2D eigenvalue weighted by Crippen LogP contribution is 2.22. The number of benzene rings is 2. The van der Waals surface area contributed by atoms with Crippen molar-refractivity contribution in [3.63, 3.8) is 0 Å². The molecule has 5 nitrogen and oxygen atoms in total. The number of carbonyl (C=O) groups is 1. The van der Waals surface area contributed by atoms with Crippen molar-refractivity contribution in [3.8, 4) is 11.5 Å². The van der Waals surface area contributed by atoms with Gasteiger partial charge in [-0.1, -0.05) is 48.5 Å². The summed E-state index contributed by atoms with van der Waals surface area (Å²) in [4.78, 5) is 12.0. The molecule has 0 spiro atoms. The maximum atomic E-state index is 12.0. The van der Waals surface area contributed by atoms with Crippen molar-refractivity contribution in [2.75, 3.05) is 0 Å². The van der Waals surface area contributed by atoms with E-state index in [-0.39, 0.29) is 5.97 Å². The highest BCUT2D eigenvalue weighted by Gasteiger charge is 2.18. The second-order valence-electron chi connectivity index (χ2n) is 5.43. The zero-order valence-electron chi connectivity index (χ0n) is 13.4. The second kappa shape index (κ2) is 7.55. The molecule has 1 atom stereocenters. The number of ether oxygens (including phenoxy) is 1. The predicted octanol–water partition coefficient (Wildman–Crippen LogP) is 3.97. The first-order valence-electron chi connectivity index (χ1n) is 7.84. The first-order valence-corrected chi connectivity index (χ1v) is 7.84. The van der Waals surface area contributed by atoms with E-state index in [1.807, 2.05) is 60.7 Å². The average Bonchev–Trinajstić information content (AvgIpc) is 3.12. The molecule has 0 bridgehead atoms. The van der Waals surface area contributed by atoms with E-state index >= 15 is 0 Å². The van der Waals surface area contributed by atoms with Gasteiger partial charge in [-0.25, -0.2) is 0 Å². The number of carbonyl (C=O) groups excluding carboxylic acids is 1. The monoisotopic (exact) mass is 322 g/mol. The maximum absolute atomic E-state index is 12.0. The van der Waals surface area contributed by atoms with Crippen molar-refractivity contribution in [1.29, 1.82) is 0 Å². The summed E-state index contributed by atoms with van der Waals surface area (Å²) in [5.41, 5.74) is 1.94. The van der Waals surface area contributed by atoms with Gasteiger partial charge in [-0.15, -0.1) is 10.2 Å². The Morgan fingerprint density at radius 3 is 2.42 bits per heavy atom. The summed E-state index contributed by atoms with van der Waals surface area (Å²) in [6.45, 7) is 1.72. The SMILES string of the molecule is C[C@@H](OC(=O)CCc1ccccc1)c1nnc(-c2ccccc2)o1. The molecule has 0 aliphatic rings. The Labute approximate surface area is 140 Å². The predicted molar refractivity (Wildman–Crippen MR) is 89.0 cm³/mol. The van der Waals surface area contributed by atoms with Gasteiger partial charge in [0, 0.05) is 12.0 Å². The van der Waals surface area contributed by atoms with Crippen molar-refractivity contribution in [2.24, 2.45) is 0 Å². The third-order valence-electron chi connectivity index (χ3n) is 3.58. The molecule has 3 rings (SSSR count). The fourth-order valence-electron chi connectivity index (χ4n) is 2.29. The lowest BCUT2D eigenvalue weighted by atomic mass is 10.1. The van der Waals surface area contributed by atoms with Gasteiger partial charge in [0.2, 0.25) is 5.89 Å². The van der Waals surface area contributed by atoms with Gasteiger partial charge in [-0.3, -0.25) is 4.79 Å². The van der Waals surface area contributed by atoms with Gasteiger partial charge in [0.25, 0.3) is 5.89 Å². The molecule has 24 heavy (non-hydrogen) atoms. The van der Waals surface area contributed by atoms with E-state index < -0.39 is 6.10 Å². The number of aromatic nitrogens is 2. The molecule has 0 saturated heterocycles. The van der Waals surface area contributed by atoms with E-state index in [1.165, 1.54) is 0 Å². The normalized spacial score (nSPS) is 11.9. The summed E-state index contributed by atoms with van der Waals surface area (Å²) >= 11 is 0. The van der Waals surface area contributed by atoms with Crippen LogP contribution in [0.4, 0.5) is 0 Å². The quantitative estimate of drug-likeness (QED) is 0.642. The molecule has 3 aromatic rings. The van der Waals surface area contributed by atoms with Gasteiger partial charge in [0.05, 0.1) is 0 Å². The lowest BCUT2D eigenvalue weighted by Crippen LogP contribution is -2.10. The third kappa shape index (κ3) is 4.07. The van der Waals surface area contributed by atoms with E-state index in [0.29, 0.717) is 24.6 Å². The van der Waals surface area contributed by atoms with Crippen molar-refractivity contribution >= 4 is 5.97 Å². The summed E-state index contributed by atoms with van der Waals surface area (Å²) in [5, 5.41) is 7.97. The number of aryl methyl sites for hydroxylation is 1. The van der Waals surface area contributed by atoms with Crippen LogP contribution in [0.2, 0.25) is 0 Å². The molecule has 0 saturated carbocycles. The van der Waals surface area contributed by atoms with E-state index in [4.69, 9.17) is 9.15 Å². The highest BCUT2D eigenvalue weighted by atomic mass is 16.6. The van der Waals surface area contributed by atoms with E-state index in [1.54, 1.807) is 6.92 Å². The molecular weight excluding hydrogens is 304 g/mol. The van der Waals surface area contributed by atoms with E-state index in [0.717, 1.165) is 11.1 Å². The standard InChI is InChI=1S/C19H18N2O3/c1-14(23-17(22)13-12-15-8-4-2-5-9-15)18-20-21-19(24-18)16-10-6-3-7-11-16/h2-11,14H,12-13H2,1H3/t14-/m1/s1. The number of nitrogens with zero attached hydrogens (tertiary/aromatic N) is 2. The number of hydrogen-bond acceptors (Lipinski definition) is 5. The molecule has 0 aliphatic carbocycles. The molecule has 2 aromatic carbocycles. The Hall–Kier alpha value is -2.95. The van der Waals surface area contributed by atoms with Crippen LogP contribution in [0, 0.1) is 0 Å². The molecule has 0 amide bonds. The van der Waals surface area contributed by atoms with Gasteiger partial charge in [0.1, 0.15) is 0 Å². The van der Waals surface area contributed by atoms with Crippen LogP contribution >= 0.6 is 0 Å². The Morgan fingerprint density at radius 2 is 1.71 bits per heavy atom. The van der Waals surface area contributed by atoms with Crippen molar-refractivity contribution in [1.82, 2.24) is 10.2 Å². The third-order valence-corrected chi connectivity index (χ3v) is 3.58. The Morgan fingerprint density at radius 1 is 1.04 bits per heavy atom. The Bertz CT molecular complexity index is 785. The molecule has 5 heteroatoms. The van der Waals surface area contributed by atoms with Gasteiger partial charge in [-0.05, 0) is 31.0 Å². The summed E-state index contributed by atoms with van der Waals surface area (Å²) in [5.74, 6) is 0.422. The van der Waals surface area contributed by atoms with Crippen molar-refractivity contribution in [3.05, 3.63) is 72.1 Å². The zero-order chi connectivity index (χ0) is 16.8. The lowest BCUT2D eigenvalue weighted by molar-refractivity contribution is -0.149. The van der Waals surface area contributed by atoms with Gasteiger partial charge in [-0.2, -0.15) is 0 Å². The first-order chi connectivity index (χ1) is 11.7. The molecular formula is C19H18N2O3. The molecule has 122 valence electrons. The number of esters is 1. The van der Waals surface area contributed by atoms with Gasteiger partial charge < -0.3 is 9.15 Å². The Balaban J connectivity index is 1.56. The van der Waals surface area contributed by atoms with Crippen LogP contribution in [0.15, 0.2) is 65.1 Å². The van der Waals surface area contributed by atoms with Crippen LogP contribution in [0.3, 0.4) is 0 Å². The fourth-order valence-corrected chi connectivity index (χ4v) is 2.29. The average molecular weight is 322 g/mol. The fraction of sp³-hybridized carbons (Fsp3) is 0.211. The second-order valence-corrected chi connectivity index (χ2v) is 5.43. The molecule has 0 aliphatic heterocycles. The summed E-state index contributed by atoms with van der Waals surface area (Å²) in [7, 11) is 0. The summed E-state index contributed by atoms with van der Waals surface area (Å²) < 4.78 is 11.0. The minimum atomic E-state index is -0.571. The molecule has 0 fully saturated rings. The molecule has 1 heterocycles. The lowest BCUT2D eigenvalue weighted by Gasteiger charge is -2.09. The highest BCUT2D eigenvalue weighted by molar-refractivity contribution is 5.70. The van der Waals surface area contributed by atoms with E-state index in [9.17, 15) is 4.79 Å². The van der Waals surface area contributed by atoms with E-state index in [2.05, 4.69) is 10.2 Å².